The van der Waals surface area contributed by atoms with Gasteiger partial charge < -0.3 is 56.8 Å². The van der Waals surface area contributed by atoms with Crippen LogP contribution in [0.15, 0.2) is 0 Å². The minimum atomic E-state index is 0.234. The van der Waals surface area contributed by atoms with Gasteiger partial charge in [0.05, 0.1) is 158 Å². The zero-order chi connectivity index (χ0) is 29.0. The van der Waals surface area contributed by atoms with Crippen molar-refractivity contribution in [1.82, 2.24) is 0 Å². The molecule has 0 atom stereocenters. The Labute approximate surface area is 255 Å². The predicted molar refractivity (Wildman–Crippen MR) is 159 cm³/mol. The summed E-state index contributed by atoms with van der Waals surface area (Å²) in [6.07, 6.45) is 0.234. The maximum absolute atomic E-state index is 5.47. The minimum absolute atomic E-state index is 0.234. The van der Waals surface area contributed by atoms with E-state index in [9.17, 15) is 0 Å². The number of ether oxygens (including phenoxy) is 12. The summed E-state index contributed by atoms with van der Waals surface area (Å²) in [5.41, 5.74) is 0. The summed E-state index contributed by atoms with van der Waals surface area (Å²) in [4.78, 5) is 0. The van der Waals surface area contributed by atoms with E-state index in [1.54, 1.807) is 0 Å². The van der Waals surface area contributed by atoms with Crippen molar-refractivity contribution < 1.29 is 56.8 Å². The third-order valence-corrected chi connectivity index (χ3v) is 5.06. The van der Waals surface area contributed by atoms with Gasteiger partial charge in [0.15, 0.2) is 0 Å². The molecule has 0 aliphatic heterocycles. The van der Waals surface area contributed by atoms with E-state index in [-0.39, 0.29) is 6.10 Å². The molecule has 0 spiro atoms. The smallest absolute Gasteiger partial charge is 0.0703 e. The van der Waals surface area contributed by atoms with Gasteiger partial charge in [-0.3, -0.25) is 0 Å². The molecule has 13 heteroatoms. The molecular formula is C27H55IO12. The maximum Gasteiger partial charge on any atom is 0.0703 e. The molecular weight excluding hydrogens is 643 g/mol. The van der Waals surface area contributed by atoms with Crippen LogP contribution in [0.3, 0.4) is 0 Å². The lowest BCUT2D eigenvalue weighted by atomic mass is 10.5. The van der Waals surface area contributed by atoms with E-state index in [4.69, 9.17) is 56.8 Å². The molecule has 0 aromatic heterocycles. The molecule has 0 amide bonds. The van der Waals surface area contributed by atoms with Crippen LogP contribution in [0.4, 0.5) is 0 Å². The van der Waals surface area contributed by atoms with Gasteiger partial charge in [-0.1, -0.05) is 22.6 Å². The van der Waals surface area contributed by atoms with Crippen molar-refractivity contribution in [2.45, 2.75) is 20.0 Å². The monoisotopic (exact) mass is 698 g/mol. The molecule has 0 aromatic carbocycles. The first kappa shape index (κ1) is 40.2. The average molecular weight is 699 g/mol. The molecule has 12 nitrogen and oxygen atoms in total. The largest absolute Gasteiger partial charge is 0.378 e. The molecule has 242 valence electrons. The van der Waals surface area contributed by atoms with Gasteiger partial charge in [-0.25, -0.2) is 0 Å². The number of hydrogen-bond acceptors (Lipinski definition) is 12. The molecule has 0 heterocycles. The zero-order valence-electron chi connectivity index (χ0n) is 24.8. The second-order valence-electron chi connectivity index (χ2n) is 8.34. The molecule has 40 heavy (non-hydrogen) atoms. The van der Waals surface area contributed by atoms with Crippen molar-refractivity contribution in [3.05, 3.63) is 0 Å². The van der Waals surface area contributed by atoms with Crippen molar-refractivity contribution in [1.29, 1.82) is 0 Å². The molecule has 0 rings (SSSR count). The second-order valence-corrected chi connectivity index (χ2v) is 9.42. The fraction of sp³-hybridized carbons (Fsp3) is 1.00. The van der Waals surface area contributed by atoms with Gasteiger partial charge in [0.2, 0.25) is 0 Å². The molecule has 0 unspecified atom stereocenters. The number of halogens is 1. The van der Waals surface area contributed by atoms with Crippen molar-refractivity contribution in [2.75, 3.05) is 156 Å². The molecule has 0 saturated heterocycles. The Morgan fingerprint density at radius 3 is 0.650 bits per heavy atom. The summed E-state index contributed by atoms with van der Waals surface area (Å²) in [7, 11) is 0. The van der Waals surface area contributed by atoms with E-state index in [1.807, 2.05) is 13.8 Å². The maximum atomic E-state index is 5.47. The van der Waals surface area contributed by atoms with Crippen molar-refractivity contribution in [3.8, 4) is 0 Å². The van der Waals surface area contributed by atoms with Crippen LogP contribution >= 0.6 is 22.6 Å². The predicted octanol–water partition coefficient (Wildman–Crippen LogP) is 2.03. The van der Waals surface area contributed by atoms with Crippen LogP contribution < -0.4 is 0 Å². The molecule has 0 aromatic rings. The van der Waals surface area contributed by atoms with Crippen LogP contribution in [-0.2, 0) is 56.8 Å². The number of rotatable bonds is 36. The third-order valence-electron chi connectivity index (χ3n) is 4.62. The lowest BCUT2D eigenvalue weighted by Gasteiger charge is -2.09. The fourth-order valence-electron chi connectivity index (χ4n) is 2.70. The summed E-state index contributed by atoms with van der Waals surface area (Å²) in [6.45, 7) is 16.8. The lowest BCUT2D eigenvalue weighted by molar-refractivity contribution is -0.0292. The second kappa shape index (κ2) is 37.3. The average Bonchev–Trinajstić information content (AvgIpc) is 2.95. The highest BCUT2D eigenvalue weighted by molar-refractivity contribution is 14.1. The molecule has 0 bridgehead atoms. The highest BCUT2D eigenvalue weighted by atomic mass is 127. The van der Waals surface area contributed by atoms with E-state index < -0.39 is 0 Å². The molecule has 0 saturated carbocycles. The SMILES string of the molecule is CC(C)OCCOCCOCCOCCOCCOCCOCCOCCOCCOCCOCCOCCI. The zero-order valence-corrected chi connectivity index (χ0v) is 27.0. The standard InChI is InChI=1S/C27H55IO12/c1-27(2)40-26-25-39-24-23-38-22-21-37-20-19-36-18-17-35-16-15-34-14-13-33-12-11-32-10-9-31-8-7-30-6-5-29-4-3-28/h27H,3-26H2,1-2H3. The summed E-state index contributed by atoms with van der Waals surface area (Å²) in [5.74, 6) is 0. The van der Waals surface area contributed by atoms with Crippen LogP contribution in [-0.4, -0.2) is 162 Å². The van der Waals surface area contributed by atoms with Gasteiger partial charge in [0.25, 0.3) is 0 Å². The van der Waals surface area contributed by atoms with Crippen LogP contribution in [0, 0.1) is 0 Å². The summed E-state index contributed by atoms with van der Waals surface area (Å²) in [5, 5.41) is 0. The first-order valence-corrected chi connectivity index (χ1v) is 15.8. The van der Waals surface area contributed by atoms with Crippen LogP contribution in [0.5, 0.6) is 0 Å². The minimum Gasteiger partial charge on any atom is -0.378 e. The normalized spacial score (nSPS) is 11.7. The van der Waals surface area contributed by atoms with Crippen LogP contribution in [0.25, 0.3) is 0 Å². The fourth-order valence-corrected chi connectivity index (χ4v) is 3.01. The van der Waals surface area contributed by atoms with Gasteiger partial charge >= 0.3 is 0 Å². The highest BCUT2D eigenvalue weighted by Gasteiger charge is 1.97. The Balaban J connectivity index is 3.02. The Hall–Kier alpha value is 0.250. The van der Waals surface area contributed by atoms with Crippen molar-refractivity contribution in [2.24, 2.45) is 0 Å². The molecule has 0 radical (unpaired) electrons. The van der Waals surface area contributed by atoms with Crippen LogP contribution in [0.2, 0.25) is 0 Å². The quantitative estimate of drug-likeness (QED) is 0.0543. The first-order chi connectivity index (χ1) is 19.8. The van der Waals surface area contributed by atoms with E-state index in [0.29, 0.717) is 145 Å². The Morgan fingerprint density at radius 1 is 0.300 bits per heavy atom. The molecule has 0 fully saturated rings. The molecule has 0 aliphatic rings. The topological polar surface area (TPSA) is 111 Å². The van der Waals surface area contributed by atoms with Gasteiger partial charge in [-0.2, -0.15) is 0 Å². The van der Waals surface area contributed by atoms with E-state index in [2.05, 4.69) is 22.6 Å². The van der Waals surface area contributed by atoms with E-state index in [1.165, 1.54) is 0 Å². The molecule has 0 N–H and O–H groups in total. The summed E-state index contributed by atoms with van der Waals surface area (Å²) >= 11 is 2.28. The lowest BCUT2D eigenvalue weighted by Crippen LogP contribution is -2.15. The van der Waals surface area contributed by atoms with E-state index in [0.717, 1.165) is 11.0 Å². The number of alkyl halides is 1. The molecule has 0 aliphatic carbocycles. The van der Waals surface area contributed by atoms with Crippen molar-refractivity contribution >= 4 is 22.6 Å². The third kappa shape index (κ3) is 38.2. The van der Waals surface area contributed by atoms with Gasteiger partial charge in [0.1, 0.15) is 0 Å². The summed E-state index contributed by atoms with van der Waals surface area (Å²) < 4.78 is 66.1. The van der Waals surface area contributed by atoms with Gasteiger partial charge in [-0.05, 0) is 13.8 Å². The van der Waals surface area contributed by atoms with Gasteiger partial charge in [-0.15, -0.1) is 0 Å². The van der Waals surface area contributed by atoms with Crippen molar-refractivity contribution in [3.63, 3.8) is 0 Å². The Kier molecular flexibility index (Phi) is 37.5. The van der Waals surface area contributed by atoms with Crippen LogP contribution in [0.1, 0.15) is 13.8 Å². The number of hydrogen-bond donors (Lipinski definition) is 0. The summed E-state index contributed by atoms with van der Waals surface area (Å²) in [6, 6.07) is 0. The Morgan fingerprint density at radius 2 is 0.475 bits per heavy atom. The highest BCUT2D eigenvalue weighted by Crippen LogP contribution is 1.89. The Bertz CT molecular complexity index is 452. The van der Waals surface area contributed by atoms with Gasteiger partial charge in [0, 0.05) is 4.43 Å². The first-order valence-electron chi connectivity index (χ1n) is 14.3. The van der Waals surface area contributed by atoms with E-state index >= 15 is 0 Å².